The van der Waals surface area contributed by atoms with Crippen molar-refractivity contribution in [3.8, 4) is 11.5 Å². The summed E-state index contributed by atoms with van der Waals surface area (Å²) < 4.78 is 15.9. The highest BCUT2D eigenvalue weighted by molar-refractivity contribution is 8.00. The molecule has 1 unspecified atom stereocenters. The van der Waals surface area contributed by atoms with Crippen LogP contribution in [0.3, 0.4) is 0 Å². The Labute approximate surface area is 293 Å². The number of amides is 3. The van der Waals surface area contributed by atoms with E-state index >= 15 is 0 Å². The highest BCUT2D eigenvalue weighted by Gasteiger charge is 2.29. The molecule has 0 radical (unpaired) electrons. The van der Waals surface area contributed by atoms with Crippen molar-refractivity contribution < 1.29 is 33.4 Å². The Morgan fingerprint density at radius 2 is 1.73 bits per heavy atom. The van der Waals surface area contributed by atoms with Crippen LogP contribution in [0.2, 0.25) is 0 Å². The fourth-order valence-corrected chi connectivity index (χ4v) is 7.55. The van der Waals surface area contributed by atoms with Crippen molar-refractivity contribution >= 4 is 63.6 Å². The first-order valence-corrected chi connectivity index (χ1v) is 17.4. The first kappa shape index (κ1) is 35.2. The molecule has 49 heavy (non-hydrogen) atoms. The zero-order chi connectivity index (χ0) is 34.9. The fourth-order valence-electron chi connectivity index (χ4n) is 5.38. The van der Waals surface area contributed by atoms with E-state index < -0.39 is 17.8 Å². The van der Waals surface area contributed by atoms with Crippen LogP contribution in [0.5, 0.6) is 11.5 Å². The number of thiophene rings is 1. The third kappa shape index (κ3) is 8.89. The number of ether oxygens (including phenoxy) is 3. The van der Waals surface area contributed by atoms with E-state index in [1.165, 1.54) is 50.5 Å². The Morgan fingerprint density at radius 3 is 2.47 bits per heavy atom. The van der Waals surface area contributed by atoms with Crippen LogP contribution in [0.1, 0.15) is 50.1 Å². The van der Waals surface area contributed by atoms with E-state index in [0.29, 0.717) is 44.8 Å². The third-order valence-electron chi connectivity index (χ3n) is 7.88. The van der Waals surface area contributed by atoms with Crippen molar-refractivity contribution in [2.45, 2.75) is 31.1 Å². The average Bonchev–Trinajstić information content (AvgIpc) is 3.46. The maximum Gasteiger partial charge on any atom is 0.341 e. The number of hydrogen-bond donors (Lipinski definition) is 3. The monoisotopic (exact) mass is 699 g/mol. The summed E-state index contributed by atoms with van der Waals surface area (Å²) in [5, 5.41) is 9.02. The van der Waals surface area contributed by atoms with Gasteiger partial charge in [0.25, 0.3) is 11.8 Å². The summed E-state index contributed by atoms with van der Waals surface area (Å²) in [5.74, 6) is -0.132. The van der Waals surface area contributed by atoms with Gasteiger partial charge < -0.3 is 30.2 Å². The molecule has 4 aromatic rings. The number of hydrogen-bond acceptors (Lipinski definition) is 9. The molecule has 1 heterocycles. The topological polar surface area (TPSA) is 132 Å². The first-order chi connectivity index (χ1) is 23.7. The highest BCUT2D eigenvalue weighted by atomic mass is 32.2. The minimum atomic E-state index is -0.569. The van der Waals surface area contributed by atoms with Gasteiger partial charge in [-0.3, -0.25) is 14.4 Å². The molecule has 1 atom stereocenters. The quantitative estimate of drug-likeness (QED) is 0.0835. The summed E-state index contributed by atoms with van der Waals surface area (Å²) in [7, 11) is 4.39. The number of carbonyl (C=O) groups excluding carboxylic acids is 4. The van der Waals surface area contributed by atoms with Crippen LogP contribution in [-0.2, 0) is 27.2 Å². The molecule has 3 N–H and O–H groups in total. The molecule has 1 aromatic heterocycles. The van der Waals surface area contributed by atoms with Gasteiger partial charge in [-0.15, -0.1) is 23.1 Å². The van der Waals surface area contributed by atoms with Gasteiger partial charge in [0.05, 0.1) is 32.6 Å². The molecule has 0 fully saturated rings. The summed E-state index contributed by atoms with van der Waals surface area (Å²) in [6, 6.07) is 20.7. The molecule has 10 nitrogen and oxygen atoms in total. The van der Waals surface area contributed by atoms with Crippen molar-refractivity contribution in [2.75, 3.05) is 37.7 Å². The van der Waals surface area contributed by atoms with E-state index in [1.807, 2.05) is 6.07 Å². The van der Waals surface area contributed by atoms with Crippen molar-refractivity contribution in [1.29, 1.82) is 0 Å². The van der Waals surface area contributed by atoms with Gasteiger partial charge in [0.15, 0.2) is 0 Å². The highest BCUT2D eigenvalue weighted by Crippen LogP contribution is 2.40. The first-order valence-electron chi connectivity index (χ1n) is 15.6. The molecular formula is C37H37N3O7S2. The number of carbonyl (C=O) groups is 4. The number of thioether (sulfide) groups is 1. The van der Waals surface area contributed by atoms with E-state index in [0.717, 1.165) is 34.6 Å². The summed E-state index contributed by atoms with van der Waals surface area (Å²) in [4.78, 5) is 54.3. The summed E-state index contributed by atoms with van der Waals surface area (Å²) in [5.41, 5.74) is 2.76. The Bertz CT molecular complexity index is 1890. The van der Waals surface area contributed by atoms with Gasteiger partial charge in [-0.2, -0.15) is 0 Å². The second kappa shape index (κ2) is 16.4. The molecule has 12 heteroatoms. The molecular weight excluding hydrogens is 663 g/mol. The number of anilines is 2. The number of nitrogens with one attached hydrogen (secondary N) is 3. The van der Waals surface area contributed by atoms with Gasteiger partial charge in [-0.25, -0.2) is 4.79 Å². The van der Waals surface area contributed by atoms with Gasteiger partial charge in [-0.05, 0) is 85.4 Å². The molecule has 254 valence electrons. The van der Waals surface area contributed by atoms with Gasteiger partial charge in [0.1, 0.15) is 22.2 Å². The largest absolute Gasteiger partial charge is 0.497 e. The maximum absolute atomic E-state index is 13.7. The van der Waals surface area contributed by atoms with E-state index in [4.69, 9.17) is 14.2 Å². The maximum atomic E-state index is 13.7. The molecule has 0 saturated carbocycles. The average molecular weight is 700 g/mol. The SMILES string of the molecule is COC(=O)c1c(NC(=O)CSc2cccc(NC(=O)/C(=C\c3cc(OC)ccc3OC)NC(=O)c3ccccc3)c2)sc2c1CCC(C)C2. The molecule has 0 bridgehead atoms. The normalized spacial score (nSPS) is 13.9. The molecule has 0 saturated heterocycles. The second-order valence-corrected chi connectivity index (χ2v) is 13.5. The molecule has 0 spiro atoms. The third-order valence-corrected chi connectivity index (χ3v) is 10.0. The van der Waals surface area contributed by atoms with Crippen molar-refractivity contribution in [3.63, 3.8) is 0 Å². The van der Waals surface area contributed by atoms with Crippen molar-refractivity contribution in [2.24, 2.45) is 5.92 Å². The van der Waals surface area contributed by atoms with Crippen LogP contribution in [0.25, 0.3) is 6.08 Å². The Balaban J connectivity index is 1.30. The van der Waals surface area contributed by atoms with Crippen LogP contribution >= 0.6 is 23.1 Å². The van der Waals surface area contributed by atoms with Crippen LogP contribution in [0.4, 0.5) is 10.7 Å². The Hall–Kier alpha value is -5.07. The summed E-state index contributed by atoms with van der Waals surface area (Å²) >= 11 is 2.72. The fraction of sp³-hybridized carbons (Fsp3) is 0.243. The smallest absolute Gasteiger partial charge is 0.341 e. The molecule has 0 aliphatic heterocycles. The van der Waals surface area contributed by atoms with Crippen LogP contribution in [0.15, 0.2) is 83.4 Å². The zero-order valence-corrected chi connectivity index (χ0v) is 29.2. The predicted molar refractivity (Wildman–Crippen MR) is 193 cm³/mol. The molecule has 3 amide bonds. The number of esters is 1. The van der Waals surface area contributed by atoms with E-state index in [2.05, 4.69) is 22.9 Å². The van der Waals surface area contributed by atoms with Crippen LogP contribution in [-0.4, -0.2) is 50.8 Å². The minimum Gasteiger partial charge on any atom is -0.497 e. The summed E-state index contributed by atoms with van der Waals surface area (Å²) in [6.07, 6.45) is 4.15. The molecule has 1 aliphatic carbocycles. The lowest BCUT2D eigenvalue weighted by Crippen LogP contribution is -2.30. The standard InChI is InChI=1S/C37H37N3O7S2/c1-22-13-15-28-31(17-22)49-36(33(28)37(44)47-4)40-32(41)21-48-27-12-8-11-25(20-27)38-35(43)29(39-34(42)23-9-6-5-7-10-23)19-24-18-26(45-2)14-16-30(24)46-3/h5-12,14,16,18-20,22H,13,15,17,21H2,1-4H3,(H,38,43)(H,39,42)(H,40,41)/b29-19+. The van der Waals surface area contributed by atoms with E-state index in [-0.39, 0.29) is 17.4 Å². The van der Waals surface area contributed by atoms with Crippen LogP contribution in [0, 0.1) is 5.92 Å². The zero-order valence-electron chi connectivity index (χ0n) is 27.6. The lowest BCUT2D eigenvalue weighted by Gasteiger charge is -2.18. The van der Waals surface area contributed by atoms with Gasteiger partial charge in [-0.1, -0.05) is 31.2 Å². The van der Waals surface area contributed by atoms with E-state index in [1.54, 1.807) is 66.7 Å². The van der Waals surface area contributed by atoms with E-state index in [9.17, 15) is 19.2 Å². The number of fused-ring (bicyclic) bond motifs is 1. The Morgan fingerprint density at radius 1 is 0.939 bits per heavy atom. The summed E-state index contributed by atoms with van der Waals surface area (Å²) in [6.45, 7) is 2.18. The van der Waals surface area contributed by atoms with Gasteiger partial charge in [0.2, 0.25) is 5.91 Å². The lowest BCUT2D eigenvalue weighted by atomic mass is 9.88. The lowest BCUT2D eigenvalue weighted by molar-refractivity contribution is -0.114. The molecule has 5 rings (SSSR count). The number of benzene rings is 3. The molecule has 3 aromatic carbocycles. The Kier molecular flexibility index (Phi) is 11.8. The van der Waals surface area contributed by atoms with Crippen molar-refractivity contribution in [3.05, 3.63) is 106 Å². The van der Waals surface area contributed by atoms with Gasteiger partial charge in [0, 0.05) is 26.6 Å². The van der Waals surface area contributed by atoms with Crippen molar-refractivity contribution in [1.82, 2.24) is 5.32 Å². The predicted octanol–water partition coefficient (Wildman–Crippen LogP) is 6.82. The molecule has 1 aliphatic rings. The van der Waals surface area contributed by atoms with Gasteiger partial charge >= 0.3 is 5.97 Å². The number of methoxy groups -OCH3 is 3. The second-order valence-electron chi connectivity index (χ2n) is 11.4. The van der Waals surface area contributed by atoms with Crippen LogP contribution < -0.4 is 25.4 Å². The minimum absolute atomic E-state index is 0.0210. The number of rotatable bonds is 12.